The van der Waals surface area contributed by atoms with Gasteiger partial charge in [0.1, 0.15) is 0 Å². The lowest BCUT2D eigenvalue weighted by molar-refractivity contribution is -0.0347. The van der Waals surface area contributed by atoms with Gasteiger partial charge in [-0.2, -0.15) is 0 Å². The quantitative estimate of drug-likeness (QED) is 0.627. The van der Waals surface area contributed by atoms with Crippen molar-refractivity contribution in [3.8, 4) is 0 Å². The van der Waals surface area contributed by atoms with Crippen LogP contribution in [0.2, 0.25) is 0 Å². The average molecular weight is 250 g/mol. The van der Waals surface area contributed by atoms with Crippen molar-refractivity contribution >= 4 is 0 Å². The van der Waals surface area contributed by atoms with E-state index in [4.69, 9.17) is 4.74 Å². The van der Waals surface area contributed by atoms with Crippen LogP contribution >= 0.6 is 0 Å². The van der Waals surface area contributed by atoms with Crippen molar-refractivity contribution in [2.45, 2.75) is 53.1 Å². The first-order valence-corrected chi connectivity index (χ1v) is 7.17. The topological polar surface area (TPSA) is 9.23 Å². The molecule has 1 nitrogen and oxygen atoms in total. The highest BCUT2D eigenvalue weighted by atomic mass is 16.5. The van der Waals surface area contributed by atoms with Gasteiger partial charge in [0.05, 0.1) is 6.10 Å². The zero-order valence-electron chi connectivity index (χ0n) is 12.6. The number of hydrogen-bond donors (Lipinski definition) is 0. The predicted octanol–water partition coefficient (Wildman–Crippen LogP) is 5.15. The summed E-state index contributed by atoms with van der Waals surface area (Å²) in [6, 6.07) is 0. The highest BCUT2D eigenvalue weighted by Crippen LogP contribution is 2.28. The van der Waals surface area contributed by atoms with Crippen LogP contribution in [0.3, 0.4) is 0 Å². The molecule has 3 unspecified atom stereocenters. The molecule has 0 amide bonds. The molecule has 1 aliphatic heterocycles. The maximum absolute atomic E-state index is 5.61. The third-order valence-corrected chi connectivity index (χ3v) is 3.31. The molecule has 0 aliphatic carbocycles. The normalized spacial score (nSPS) is 28.1. The van der Waals surface area contributed by atoms with Gasteiger partial charge >= 0.3 is 0 Å². The highest BCUT2D eigenvalue weighted by Gasteiger charge is 2.24. The minimum Gasteiger partial charge on any atom is -0.378 e. The summed E-state index contributed by atoms with van der Waals surface area (Å²) in [6.07, 6.45) is 13.9. The molecule has 104 valence electrons. The number of allylic oxidation sites excluding steroid dienone is 5. The molecule has 0 aromatic carbocycles. The summed E-state index contributed by atoms with van der Waals surface area (Å²) in [5, 5.41) is 0. The molecule has 1 heteroatoms. The van der Waals surface area contributed by atoms with E-state index in [0.29, 0.717) is 6.10 Å². The summed E-state index contributed by atoms with van der Waals surface area (Å²) in [4.78, 5) is 0. The van der Waals surface area contributed by atoms with Gasteiger partial charge in [0.2, 0.25) is 0 Å². The van der Waals surface area contributed by atoms with Gasteiger partial charge in [0.15, 0.2) is 0 Å². The molecular weight excluding hydrogens is 220 g/mol. The molecule has 1 aliphatic rings. The van der Waals surface area contributed by atoms with Crippen molar-refractivity contribution < 1.29 is 4.74 Å². The molecule has 0 radical (unpaired) electrons. The zero-order chi connectivity index (χ0) is 13.8. The van der Waals surface area contributed by atoms with E-state index in [9.17, 15) is 0 Å². The minimum atomic E-state index is 0.498. The molecular formula is C17H30O. The maximum Gasteiger partial charge on any atom is 0.0549 e. The Kier molecular flexibility index (Phi) is 10.8. The van der Waals surface area contributed by atoms with E-state index in [1.165, 1.54) is 19.3 Å². The van der Waals surface area contributed by atoms with Gasteiger partial charge in [-0.3, -0.25) is 0 Å². The monoisotopic (exact) mass is 250 g/mol. The Morgan fingerprint density at radius 2 is 1.94 bits per heavy atom. The van der Waals surface area contributed by atoms with Crippen LogP contribution in [0.5, 0.6) is 0 Å². The Morgan fingerprint density at radius 3 is 2.44 bits per heavy atom. The number of hydrogen-bond acceptors (Lipinski definition) is 1. The van der Waals surface area contributed by atoms with Gasteiger partial charge in [0, 0.05) is 6.61 Å². The van der Waals surface area contributed by atoms with E-state index >= 15 is 0 Å². The fourth-order valence-electron chi connectivity index (χ4n) is 2.23. The van der Waals surface area contributed by atoms with E-state index in [0.717, 1.165) is 18.4 Å². The van der Waals surface area contributed by atoms with Gasteiger partial charge in [-0.1, -0.05) is 57.2 Å². The van der Waals surface area contributed by atoms with Gasteiger partial charge in [-0.15, -0.1) is 0 Å². The molecule has 3 atom stereocenters. The first kappa shape index (κ1) is 17.2. The van der Waals surface area contributed by atoms with E-state index in [1.54, 1.807) is 6.08 Å². The van der Waals surface area contributed by atoms with Crippen LogP contribution < -0.4 is 0 Å². The van der Waals surface area contributed by atoms with Crippen LogP contribution in [-0.4, -0.2) is 12.7 Å². The smallest absolute Gasteiger partial charge is 0.0549 e. The molecule has 0 N–H and O–H groups in total. The maximum atomic E-state index is 5.61. The molecule has 0 aromatic rings. The Balaban J connectivity index is 0.000000360. The van der Waals surface area contributed by atoms with Gasteiger partial charge < -0.3 is 4.74 Å². The number of rotatable bonds is 4. The van der Waals surface area contributed by atoms with Crippen LogP contribution in [-0.2, 0) is 4.74 Å². The minimum absolute atomic E-state index is 0.498. The van der Waals surface area contributed by atoms with Gasteiger partial charge in [-0.25, -0.2) is 0 Å². The van der Waals surface area contributed by atoms with Crippen LogP contribution in [0, 0.1) is 11.8 Å². The zero-order valence-corrected chi connectivity index (χ0v) is 12.6. The summed E-state index contributed by atoms with van der Waals surface area (Å²) in [5.74, 6) is 1.70. The SMILES string of the molecule is C=C/C=C\C=C/C.CCCC1COC(C)CC1C. The summed E-state index contributed by atoms with van der Waals surface area (Å²) >= 11 is 0. The van der Waals surface area contributed by atoms with Crippen LogP contribution in [0.15, 0.2) is 37.0 Å². The lowest BCUT2D eigenvalue weighted by atomic mass is 9.85. The molecule has 1 rings (SSSR count). The highest BCUT2D eigenvalue weighted by molar-refractivity contribution is 5.07. The molecule has 0 bridgehead atoms. The summed E-state index contributed by atoms with van der Waals surface area (Å²) in [7, 11) is 0. The Bertz CT molecular complexity index is 252. The first-order chi connectivity index (χ1) is 8.65. The fraction of sp³-hybridized carbons (Fsp3) is 0.647. The van der Waals surface area contributed by atoms with E-state index < -0.39 is 0 Å². The molecule has 0 aromatic heterocycles. The summed E-state index contributed by atoms with van der Waals surface area (Å²) < 4.78 is 5.61. The van der Waals surface area contributed by atoms with E-state index in [2.05, 4.69) is 27.4 Å². The second-order valence-corrected chi connectivity index (χ2v) is 5.05. The third-order valence-electron chi connectivity index (χ3n) is 3.31. The molecule has 1 saturated heterocycles. The van der Waals surface area contributed by atoms with E-state index in [-0.39, 0.29) is 0 Å². The van der Waals surface area contributed by atoms with Crippen molar-refractivity contribution in [3.63, 3.8) is 0 Å². The predicted molar refractivity (Wildman–Crippen MR) is 81.7 cm³/mol. The largest absolute Gasteiger partial charge is 0.378 e. The third kappa shape index (κ3) is 8.30. The van der Waals surface area contributed by atoms with Crippen LogP contribution in [0.25, 0.3) is 0 Å². The Morgan fingerprint density at radius 1 is 1.22 bits per heavy atom. The lowest BCUT2D eigenvalue weighted by Crippen LogP contribution is -2.30. The average Bonchev–Trinajstić information content (AvgIpc) is 2.35. The van der Waals surface area contributed by atoms with Crippen molar-refractivity contribution in [3.05, 3.63) is 37.0 Å². The first-order valence-electron chi connectivity index (χ1n) is 7.17. The van der Waals surface area contributed by atoms with Crippen LogP contribution in [0.1, 0.15) is 47.0 Å². The molecule has 0 spiro atoms. The van der Waals surface area contributed by atoms with E-state index in [1.807, 2.05) is 31.2 Å². The Hall–Kier alpha value is -0.820. The number of ether oxygens (including phenoxy) is 1. The molecule has 0 saturated carbocycles. The van der Waals surface area contributed by atoms with Gasteiger partial charge in [0.25, 0.3) is 0 Å². The second kappa shape index (κ2) is 11.3. The van der Waals surface area contributed by atoms with Crippen molar-refractivity contribution in [2.24, 2.45) is 11.8 Å². The Labute approximate surface area is 114 Å². The van der Waals surface area contributed by atoms with Crippen LogP contribution in [0.4, 0.5) is 0 Å². The van der Waals surface area contributed by atoms with Crippen molar-refractivity contribution in [1.29, 1.82) is 0 Å². The molecule has 18 heavy (non-hydrogen) atoms. The molecule has 1 fully saturated rings. The fourth-order valence-corrected chi connectivity index (χ4v) is 2.23. The van der Waals surface area contributed by atoms with Gasteiger partial charge in [-0.05, 0) is 38.5 Å². The van der Waals surface area contributed by atoms with Crippen molar-refractivity contribution in [1.82, 2.24) is 0 Å². The second-order valence-electron chi connectivity index (χ2n) is 5.05. The standard InChI is InChI=1S/C10H20O.C7H10/c1-4-5-10-7-11-9(3)6-8(10)2;1-3-5-7-6-4-2/h8-10H,4-7H2,1-3H3;3-7H,1H2,2H3/b;6-4-,7-5-. The lowest BCUT2D eigenvalue weighted by Gasteiger charge is -2.32. The summed E-state index contributed by atoms with van der Waals surface area (Å²) in [5.41, 5.74) is 0. The summed E-state index contributed by atoms with van der Waals surface area (Å²) in [6.45, 7) is 13.3. The van der Waals surface area contributed by atoms with Crippen molar-refractivity contribution in [2.75, 3.05) is 6.61 Å². The molecule has 1 heterocycles.